The molecule has 0 bridgehead atoms. The van der Waals surface area contributed by atoms with E-state index in [0.29, 0.717) is 0 Å². The van der Waals surface area contributed by atoms with Gasteiger partial charge in [0.1, 0.15) is 19.8 Å². The van der Waals surface area contributed by atoms with Crippen LogP contribution in [0, 0.1) is 0 Å². The van der Waals surface area contributed by atoms with Crippen molar-refractivity contribution in [3.05, 3.63) is 0 Å². The molecule has 9 nitrogen and oxygen atoms in total. The van der Waals surface area contributed by atoms with Gasteiger partial charge in [-0.3, -0.25) is 14.2 Å². The number of halogens is 34. The third-order valence-corrected chi connectivity index (χ3v) is 12.4. The highest BCUT2D eigenvalue weighted by Gasteiger charge is 2.97. The summed E-state index contributed by atoms with van der Waals surface area (Å²) < 4.78 is 490. The van der Waals surface area contributed by atoms with Crippen LogP contribution in [-0.4, -0.2) is 165 Å². The lowest BCUT2D eigenvalue weighted by atomic mass is 9.87. The van der Waals surface area contributed by atoms with Crippen LogP contribution in [0.4, 0.5) is 149 Å². The molecule has 0 aliphatic carbocycles. The Kier molecular flexibility index (Phi) is 25.7. The molecule has 1 unspecified atom stereocenters. The summed E-state index contributed by atoms with van der Waals surface area (Å²) in [4.78, 5) is 37.1. The Morgan fingerprint density at radius 1 is 0.381 bits per heavy atom. The molecule has 0 aliphatic rings. The Hall–Kier alpha value is -3.37. The number of esters is 2. The van der Waals surface area contributed by atoms with E-state index in [1.807, 2.05) is 0 Å². The molecule has 44 heteroatoms. The van der Waals surface area contributed by atoms with Gasteiger partial charge in [0.05, 0.1) is 27.7 Å². The lowest BCUT2D eigenvalue weighted by Gasteiger charge is -2.42. The predicted octanol–water partition coefficient (Wildman–Crippen LogP) is 15.1. The summed E-state index contributed by atoms with van der Waals surface area (Å²) in [6.07, 6.45) is -32.1. The van der Waals surface area contributed by atoms with Crippen molar-refractivity contribution in [1.29, 1.82) is 0 Å². The average molecular weight is 1350 g/mol. The van der Waals surface area contributed by atoms with Crippen LogP contribution in [0.15, 0.2) is 0 Å². The SMILES string of the molecule is C[N+](C)(C)CCOP(=O)([O-])OC[C@@H](COC(=O)CCCCCCCC(F)(F)C(F)(F)C(F)(F)C(F)(F)C(F)(F)C(F)(F)C(F)(F)C(F)(F)F)OC(=O)CCCCCCCC(F)(F)C(F)(F)C(F)(F)C(F)(F)C(F)(F)C(F)(F)C(F)(F)C(F)(F)F. The molecule has 0 rings (SSSR count). The van der Waals surface area contributed by atoms with Gasteiger partial charge in [-0.1, -0.05) is 38.5 Å². The molecule has 0 amide bonds. The highest BCUT2D eigenvalue weighted by molar-refractivity contribution is 7.45. The molecule has 0 aromatic rings. The molecule has 0 saturated carbocycles. The first-order chi connectivity index (χ1) is 36.8. The molecule has 502 valence electrons. The van der Waals surface area contributed by atoms with Crippen LogP contribution in [-0.2, 0) is 32.7 Å². The van der Waals surface area contributed by atoms with Crippen molar-refractivity contribution in [2.24, 2.45) is 0 Å². The molecule has 0 saturated heterocycles. The molecule has 84 heavy (non-hydrogen) atoms. The maximum Gasteiger partial charge on any atom is 0.460 e. The van der Waals surface area contributed by atoms with Crippen LogP contribution in [0.2, 0.25) is 0 Å². The number of phosphoric ester groups is 1. The summed E-state index contributed by atoms with van der Waals surface area (Å²) in [5, 5.41) is 0. The zero-order valence-corrected chi connectivity index (χ0v) is 43.2. The van der Waals surface area contributed by atoms with E-state index in [1.54, 1.807) is 21.1 Å². The Balaban J connectivity index is 5.67. The van der Waals surface area contributed by atoms with Gasteiger partial charge >= 0.3 is 107 Å². The van der Waals surface area contributed by atoms with Gasteiger partial charge in [0, 0.05) is 25.7 Å². The monoisotopic (exact) mass is 1350 g/mol. The molecular weight excluding hydrogens is 1300 g/mol. The molecule has 0 heterocycles. The number of nitrogens with zero attached hydrogens (tertiary/aromatic N) is 1. The quantitative estimate of drug-likeness (QED) is 0.0198. The van der Waals surface area contributed by atoms with Gasteiger partial charge in [-0.25, -0.2) is 0 Å². The molecule has 0 aliphatic heterocycles. The van der Waals surface area contributed by atoms with Gasteiger partial charge < -0.3 is 27.9 Å². The minimum atomic E-state index is -8.81. The molecule has 0 N–H and O–H groups in total. The van der Waals surface area contributed by atoms with Crippen molar-refractivity contribution in [3.8, 4) is 0 Å². The van der Waals surface area contributed by atoms with Crippen LogP contribution >= 0.6 is 7.82 Å². The summed E-state index contributed by atoms with van der Waals surface area (Å²) in [6.45, 7) is -2.87. The summed E-state index contributed by atoms with van der Waals surface area (Å²) in [6, 6.07) is 0. The third kappa shape index (κ3) is 16.9. The summed E-state index contributed by atoms with van der Waals surface area (Å²) in [5.41, 5.74) is 0. The fraction of sp³-hybridized carbons (Fsp3) is 0.950. The van der Waals surface area contributed by atoms with E-state index in [-0.39, 0.29) is 17.4 Å². The Morgan fingerprint density at radius 3 is 0.964 bits per heavy atom. The highest BCUT2D eigenvalue weighted by atomic mass is 31.2. The molecular formula is C40H46F34NO8P. The van der Waals surface area contributed by atoms with Gasteiger partial charge in [-0.2, -0.15) is 149 Å². The summed E-state index contributed by atoms with van der Waals surface area (Å²) >= 11 is 0. The second kappa shape index (κ2) is 26.8. The van der Waals surface area contributed by atoms with Crippen LogP contribution in [0.3, 0.4) is 0 Å². The average Bonchev–Trinajstić information content (AvgIpc) is 3.29. The number of alkyl halides is 34. The minimum Gasteiger partial charge on any atom is -0.756 e. The van der Waals surface area contributed by atoms with E-state index in [0.717, 1.165) is 0 Å². The number of phosphoric acid groups is 1. The zero-order valence-electron chi connectivity index (χ0n) is 42.3. The largest absolute Gasteiger partial charge is 0.756 e. The Bertz CT molecular complexity index is 2180. The molecule has 0 radical (unpaired) electrons. The second-order valence-corrected chi connectivity index (χ2v) is 20.6. The standard InChI is InChI=1S/C40H46F34NO8P/c1-75(2,3)18-19-81-84(78,79)82-21-22(83-24(77)15-11-7-5-9-13-17-26(43,44)28(47,48)30(51,52)32(55,56)34(59,60)36(63,64)38(67,68)40(72,73)74)20-80-23(76)14-10-6-4-8-12-16-25(41,42)27(45,46)29(49,50)31(53,54)33(57,58)35(61,62)37(65,66)39(69,70)71/h22H,4-21H2,1-3H3/t22-/m1/s1. The van der Waals surface area contributed by atoms with Gasteiger partial charge in [-0.15, -0.1) is 0 Å². The summed E-state index contributed by atoms with van der Waals surface area (Å²) in [7, 11) is -0.552. The van der Waals surface area contributed by atoms with Crippen LogP contribution in [0.25, 0.3) is 0 Å². The minimum absolute atomic E-state index is 0.0223. The van der Waals surface area contributed by atoms with Crippen molar-refractivity contribution in [2.45, 2.75) is 191 Å². The number of hydrogen-bond acceptors (Lipinski definition) is 8. The van der Waals surface area contributed by atoms with E-state index in [4.69, 9.17) is 9.47 Å². The number of quaternary nitrogens is 1. The first-order valence-corrected chi connectivity index (χ1v) is 24.4. The van der Waals surface area contributed by atoms with E-state index < -0.39 is 224 Å². The summed E-state index contributed by atoms with van der Waals surface area (Å²) in [5.74, 6) is -118. The van der Waals surface area contributed by atoms with E-state index in [2.05, 4.69) is 9.05 Å². The van der Waals surface area contributed by atoms with Gasteiger partial charge in [0.15, 0.2) is 6.10 Å². The first-order valence-electron chi connectivity index (χ1n) is 23.0. The molecule has 0 spiro atoms. The van der Waals surface area contributed by atoms with Gasteiger partial charge in [-0.05, 0) is 25.7 Å². The number of likely N-dealkylation sites (N-methyl/N-ethyl adjacent to an activating group) is 1. The van der Waals surface area contributed by atoms with Crippen LogP contribution < -0.4 is 4.89 Å². The molecule has 0 aromatic heterocycles. The number of ether oxygens (including phenoxy) is 2. The predicted molar refractivity (Wildman–Crippen MR) is 209 cm³/mol. The number of unbranched alkanes of at least 4 members (excludes halogenated alkanes) is 8. The van der Waals surface area contributed by atoms with Crippen molar-refractivity contribution in [3.63, 3.8) is 0 Å². The van der Waals surface area contributed by atoms with Gasteiger partial charge in [0.2, 0.25) is 0 Å². The van der Waals surface area contributed by atoms with E-state index in [1.165, 1.54) is 0 Å². The topological polar surface area (TPSA) is 111 Å². The lowest BCUT2D eigenvalue weighted by molar-refractivity contribution is -0.870. The maximum absolute atomic E-state index is 14.2. The van der Waals surface area contributed by atoms with Crippen molar-refractivity contribution < 1.29 is 191 Å². The number of hydrogen-bond donors (Lipinski definition) is 0. The smallest absolute Gasteiger partial charge is 0.460 e. The fourth-order valence-electron chi connectivity index (χ4n) is 6.26. The number of rotatable bonds is 38. The second-order valence-electron chi connectivity index (χ2n) is 19.2. The number of carbonyl (C=O) groups excluding carboxylic acids is 2. The molecule has 2 atom stereocenters. The normalized spacial score (nSPS) is 16.4. The van der Waals surface area contributed by atoms with Crippen LogP contribution in [0.1, 0.15) is 89.9 Å². The molecule has 0 aromatic carbocycles. The fourth-order valence-corrected chi connectivity index (χ4v) is 6.99. The highest BCUT2D eigenvalue weighted by Crippen LogP contribution is 2.66. The van der Waals surface area contributed by atoms with E-state index >= 15 is 0 Å². The first kappa shape index (κ1) is 80.6. The third-order valence-electron chi connectivity index (χ3n) is 11.5. The maximum atomic E-state index is 14.2. The van der Waals surface area contributed by atoms with Crippen molar-refractivity contribution in [1.82, 2.24) is 0 Å². The van der Waals surface area contributed by atoms with E-state index in [9.17, 15) is 168 Å². The lowest BCUT2D eigenvalue weighted by Crippen LogP contribution is -2.74. The zero-order chi connectivity index (χ0) is 67.3. The van der Waals surface area contributed by atoms with Gasteiger partial charge in [0.25, 0.3) is 7.82 Å². The number of carbonyl (C=O) groups is 2. The van der Waals surface area contributed by atoms with Crippen molar-refractivity contribution in [2.75, 3.05) is 47.5 Å². The Labute approximate surface area is 450 Å². The molecule has 0 fully saturated rings. The van der Waals surface area contributed by atoms with Crippen molar-refractivity contribution >= 4 is 19.8 Å². The van der Waals surface area contributed by atoms with Crippen LogP contribution in [0.5, 0.6) is 0 Å². The Morgan fingerprint density at radius 2 is 0.655 bits per heavy atom.